The average molecular weight is 233 g/mol. The molecule has 1 aromatic carbocycles. The third kappa shape index (κ3) is 3.08. The second-order valence-electron chi connectivity index (χ2n) is 5.38. The molecule has 0 radical (unpaired) electrons. The molecule has 1 saturated heterocycles. The predicted octanol–water partition coefficient (Wildman–Crippen LogP) is 2.42. The van der Waals surface area contributed by atoms with Gasteiger partial charge in [-0.25, -0.2) is 0 Å². The molecule has 0 spiro atoms. The highest BCUT2D eigenvalue weighted by atomic mass is 16.3. The summed E-state index contributed by atoms with van der Waals surface area (Å²) in [5.74, 6) is 0. The Morgan fingerprint density at radius 3 is 2.76 bits per heavy atom. The van der Waals surface area contributed by atoms with E-state index < -0.39 is 0 Å². The highest BCUT2D eigenvalue weighted by Crippen LogP contribution is 2.33. The van der Waals surface area contributed by atoms with Crippen LogP contribution in [-0.2, 0) is 5.41 Å². The molecule has 1 aliphatic rings. The summed E-state index contributed by atoms with van der Waals surface area (Å²) in [6.45, 7) is 6.00. The van der Waals surface area contributed by atoms with E-state index in [9.17, 15) is 0 Å². The van der Waals surface area contributed by atoms with E-state index in [4.69, 9.17) is 5.11 Å². The zero-order chi connectivity index (χ0) is 12.1. The third-order valence-electron chi connectivity index (χ3n) is 3.88. The molecule has 94 valence electrons. The largest absolute Gasteiger partial charge is 0.396 e. The van der Waals surface area contributed by atoms with Gasteiger partial charge in [-0.05, 0) is 31.4 Å². The Morgan fingerprint density at radius 1 is 1.29 bits per heavy atom. The van der Waals surface area contributed by atoms with Crippen molar-refractivity contribution in [1.29, 1.82) is 0 Å². The zero-order valence-corrected chi connectivity index (χ0v) is 10.7. The van der Waals surface area contributed by atoms with Crippen LogP contribution in [0.2, 0.25) is 0 Å². The van der Waals surface area contributed by atoms with Gasteiger partial charge >= 0.3 is 0 Å². The lowest BCUT2D eigenvalue weighted by atomic mass is 9.76. The smallest absolute Gasteiger partial charge is 0.0443 e. The van der Waals surface area contributed by atoms with Crippen molar-refractivity contribution in [1.82, 2.24) is 4.90 Å². The van der Waals surface area contributed by atoms with Gasteiger partial charge in [0.2, 0.25) is 0 Å². The Bertz CT molecular complexity index is 338. The lowest BCUT2D eigenvalue weighted by Crippen LogP contribution is -2.44. The SMILES string of the molecule is C[C@]1(c2ccccc2)CCCN(CCCO)C1. The van der Waals surface area contributed by atoms with Crippen LogP contribution < -0.4 is 0 Å². The maximum absolute atomic E-state index is 8.92. The van der Waals surface area contributed by atoms with Crippen molar-refractivity contribution in [3.05, 3.63) is 35.9 Å². The van der Waals surface area contributed by atoms with E-state index >= 15 is 0 Å². The van der Waals surface area contributed by atoms with Gasteiger partial charge in [-0.1, -0.05) is 37.3 Å². The molecule has 0 amide bonds. The molecule has 1 heterocycles. The van der Waals surface area contributed by atoms with E-state index in [1.807, 2.05) is 0 Å². The Morgan fingerprint density at radius 2 is 2.06 bits per heavy atom. The first-order valence-corrected chi connectivity index (χ1v) is 6.63. The van der Waals surface area contributed by atoms with Crippen molar-refractivity contribution < 1.29 is 5.11 Å². The molecule has 0 saturated carbocycles. The molecule has 17 heavy (non-hydrogen) atoms. The highest BCUT2D eigenvalue weighted by molar-refractivity contribution is 5.25. The van der Waals surface area contributed by atoms with Crippen molar-refractivity contribution in [2.75, 3.05) is 26.2 Å². The first-order chi connectivity index (χ1) is 8.24. The van der Waals surface area contributed by atoms with Gasteiger partial charge in [0.05, 0.1) is 0 Å². The number of hydrogen-bond donors (Lipinski definition) is 1. The maximum Gasteiger partial charge on any atom is 0.0443 e. The normalized spacial score (nSPS) is 26.0. The molecular formula is C15H23NO. The second-order valence-corrected chi connectivity index (χ2v) is 5.38. The van der Waals surface area contributed by atoms with Gasteiger partial charge in [0.25, 0.3) is 0 Å². The Kier molecular flexibility index (Phi) is 4.19. The zero-order valence-electron chi connectivity index (χ0n) is 10.7. The fraction of sp³-hybridized carbons (Fsp3) is 0.600. The van der Waals surface area contributed by atoms with Crippen molar-refractivity contribution in [3.8, 4) is 0 Å². The van der Waals surface area contributed by atoms with Crippen LogP contribution in [0.5, 0.6) is 0 Å². The van der Waals surface area contributed by atoms with Crippen molar-refractivity contribution >= 4 is 0 Å². The quantitative estimate of drug-likeness (QED) is 0.863. The molecule has 1 aliphatic heterocycles. The standard InChI is InChI=1S/C15H23NO/c1-15(14-7-3-2-4-8-14)9-5-10-16(13-15)11-6-12-17/h2-4,7-8,17H,5-6,9-13H2,1H3/t15-/m0/s1. The van der Waals surface area contributed by atoms with Crippen LogP contribution in [0.4, 0.5) is 0 Å². The van der Waals surface area contributed by atoms with E-state index in [0.29, 0.717) is 6.61 Å². The molecule has 0 aliphatic carbocycles. The van der Waals surface area contributed by atoms with E-state index in [1.165, 1.54) is 24.9 Å². The van der Waals surface area contributed by atoms with Crippen LogP contribution in [0.25, 0.3) is 0 Å². The molecule has 0 bridgehead atoms. The minimum absolute atomic E-state index is 0.287. The van der Waals surface area contributed by atoms with Crippen molar-refractivity contribution in [2.45, 2.75) is 31.6 Å². The molecule has 0 aromatic heterocycles. The van der Waals surface area contributed by atoms with Crippen molar-refractivity contribution in [3.63, 3.8) is 0 Å². The second kappa shape index (κ2) is 5.65. The summed E-state index contributed by atoms with van der Waals surface area (Å²) in [6.07, 6.45) is 3.42. The van der Waals surface area contributed by atoms with Gasteiger partial charge in [-0.2, -0.15) is 0 Å². The van der Waals surface area contributed by atoms with Gasteiger partial charge in [0.15, 0.2) is 0 Å². The van der Waals surface area contributed by atoms with E-state index in [0.717, 1.165) is 19.5 Å². The Labute approximate surface area is 104 Å². The number of benzene rings is 1. The molecular weight excluding hydrogens is 210 g/mol. The molecule has 2 heteroatoms. The van der Waals surface area contributed by atoms with Gasteiger partial charge in [0, 0.05) is 25.1 Å². The lowest BCUT2D eigenvalue weighted by Gasteiger charge is -2.41. The summed E-state index contributed by atoms with van der Waals surface area (Å²) in [4.78, 5) is 2.49. The lowest BCUT2D eigenvalue weighted by molar-refractivity contribution is 0.144. The van der Waals surface area contributed by atoms with Gasteiger partial charge < -0.3 is 10.0 Å². The Balaban J connectivity index is 2.04. The van der Waals surface area contributed by atoms with Crippen LogP contribution >= 0.6 is 0 Å². The van der Waals surface area contributed by atoms with Gasteiger partial charge in [0.1, 0.15) is 0 Å². The topological polar surface area (TPSA) is 23.5 Å². The number of aliphatic hydroxyl groups excluding tert-OH is 1. The van der Waals surface area contributed by atoms with E-state index in [2.05, 4.69) is 42.2 Å². The molecule has 1 atom stereocenters. The number of piperidine rings is 1. The number of likely N-dealkylation sites (tertiary alicyclic amines) is 1. The first kappa shape index (κ1) is 12.6. The monoisotopic (exact) mass is 233 g/mol. The predicted molar refractivity (Wildman–Crippen MR) is 71.2 cm³/mol. The highest BCUT2D eigenvalue weighted by Gasteiger charge is 2.31. The number of rotatable bonds is 4. The third-order valence-corrected chi connectivity index (χ3v) is 3.88. The summed E-state index contributed by atoms with van der Waals surface area (Å²) >= 11 is 0. The number of nitrogens with zero attached hydrogens (tertiary/aromatic N) is 1. The molecule has 0 unspecified atom stereocenters. The number of aliphatic hydroxyl groups is 1. The summed E-state index contributed by atoms with van der Waals surface area (Å²) in [7, 11) is 0. The summed E-state index contributed by atoms with van der Waals surface area (Å²) < 4.78 is 0. The Hall–Kier alpha value is -0.860. The van der Waals surface area contributed by atoms with Gasteiger partial charge in [-0.3, -0.25) is 0 Å². The molecule has 1 aromatic rings. The van der Waals surface area contributed by atoms with Crippen LogP contribution in [-0.4, -0.2) is 36.2 Å². The van der Waals surface area contributed by atoms with E-state index in [-0.39, 0.29) is 5.41 Å². The van der Waals surface area contributed by atoms with Gasteiger partial charge in [-0.15, -0.1) is 0 Å². The molecule has 2 nitrogen and oxygen atoms in total. The number of hydrogen-bond acceptors (Lipinski definition) is 2. The van der Waals surface area contributed by atoms with Crippen LogP contribution in [0.15, 0.2) is 30.3 Å². The van der Waals surface area contributed by atoms with Crippen LogP contribution in [0.3, 0.4) is 0 Å². The maximum atomic E-state index is 8.92. The summed E-state index contributed by atoms with van der Waals surface area (Å²) in [6, 6.07) is 10.8. The first-order valence-electron chi connectivity index (χ1n) is 6.63. The minimum Gasteiger partial charge on any atom is -0.396 e. The fourth-order valence-electron chi connectivity index (χ4n) is 2.91. The molecule has 2 rings (SSSR count). The molecule has 1 N–H and O–H groups in total. The van der Waals surface area contributed by atoms with E-state index in [1.54, 1.807) is 0 Å². The summed E-state index contributed by atoms with van der Waals surface area (Å²) in [5, 5.41) is 8.92. The summed E-state index contributed by atoms with van der Waals surface area (Å²) in [5.41, 5.74) is 1.74. The van der Waals surface area contributed by atoms with Crippen LogP contribution in [0.1, 0.15) is 31.7 Å². The van der Waals surface area contributed by atoms with Crippen molar-refractivity contribution in [2.24, 2.45) is 0 Å². The molecule has 1 fully saturated rings. The van der Waals surface area contributed by atoms with Crippen LogP contribution in [0, 0.1) is 0 Å². The average Bonchev–Trinajstić information content (AvgIpc) is 2.38. The minimum atomic E-state index is 0.287. The fourth-order valence-corrected chi connectivity index (χ4v) is 2.91.